The molecule has 8 nitrogen and oxygen atoms in total. The summed E-state index contributed by atoms with van der Waals surface area (Å²) in [7, 11) is -6.01. The Hall–Kier alpha value is -2.11. The predicted octanol–water partition coefficient (Wildman–Crippen LogP) is -0.729. The molecule has 0 aliphatic carbocycles. The van der Waals surface area contributed by atoms with E-state index in [1.807, 2.05) is 0 Å². The molecular formula is C9H9F3N2O6S. The first-order chi connectivity index (χ1) is 9.52. The summed E-state index contributed by atoms with van der Waals surface area (Å²) < 4.78 is 63.3. The van der Waals surface area contributed by atoms with Crippen LogP contribution in [-0.4, -0.2) is 35.0 Å². The maximum atomic E-state index is 12.3. The summed E-state index contributed by atoms with van der Waals surface area (Å²) in [5, 5.41) is 0. The minimum atomic E-state index is -6.01. The number of halogens is 3. The smallest absolute Gasteiger partial charge is 0.465 e. The standard InChI is InChI=1S/C9H9F3N2O6S/c1-2-20-6(15)5-13-3-4-14(8(17)7(13)16)21(18,19)9(10,11)12/h3-4H,2,5H2,1H3. The number of hydrogen-bond acceptors (Lipinski definition) is 6. The van der Waals surface area contributed by atoms with Crippen LogP contribution in [0.3, 0.4) is 0 Å². The molecule has 0 amide bonds. The van der Waals surface area contributed by atoms with Crippen LogP contribution in [0.1, 0.15) is 6.92 Å². The molecule has 21 heavy (non-hydrogen) atoms. The van der Waals surface area contributed by atoms with Gasteiger partial charge in [0, 0.05) is 12.4 Å². The van der Waals surface area contributed by atoms with E-state index in [0.29, 0.717) is 10.8 Å². The van der Waals surface area contributed by atoms with Crippen molar-refractivity contribution in [2.24, 2.45) is 0 Å². The molecule has 0 atom stereocenters. The number of esters is 1. The lowest BCUT2D eigenvalue weighted by molar-refractivity contribution is -0.143. The number of hydrogen-bond donors (Lipinski definition) is 0. The zero-order valence-corrected chi connectivity index (χ0v) is 11.3. The molecule has 0 saturated carbocycles. The van der Waals surface area contributed by atoms with Crippen LogP contribution in [-0.2, 0) is 26.1 Å². The Morgan fingerprint density at radius 2 is 1.81 bits per heavy atom. The molecule has 1 aromatic heterocycles. The monoisotopic (exact) mass is 330 g/mol. The zero-order chi connectivity index (χ0) is 16.4. The molecule has 0 spiro atoms. The molecule has 0 aliphatic rings. The van der Waals surface area contributed by atoms with Gasteiger partial charge in [0.25, 0.3) is 0 Å². The average Bonchev–Trinajstić information content (AvgIpc) is 2.33. The number of carbonyl (C=O) groups excluding carboxylic acids is 1. The second-order valence-corrected chi connectivity index (χ2v) is 5.39. The van der Waals surface area contributed by atoms with Crippen LogP contribution in [0.15, 0.2) is 22.0 Å². The van der Waals surface area contributed by atoms with Gasteiger partial charge in [0.1, 0.15) is 6.54 Å². The van der Waals surface area contributed by atoms with E-state index < -0.39 is 43.1 Å². The Morgan fingerprint density at radius 1 is 1.24 bits per heavy atom. The van der Waals surface area contributed by atoms with Crippen molar-refractivity contribution in [2.75, 3.05) is 6.61 Å². The maximum Gasteiger partial charge on any atom is 0.517 e. The molecule has 0 saturated heterocycles. The molecule has 0 aromatic carbocycles. The van der Waals surface area contributed by atoms with Gasteiger partial charge in [-0.25, -0.2) is 0 Å². The topological polar surface area (TPSA) is 104 Å². The van der Waals surface area contributed by atoms with Gasteiger partial charge in [-0.05, 0) is 6.92 Å². The highest BCUT2D eigenvalue weighted by Crippen LogP contribution is 2.23. The molecule has 1 heterocycles. The Bertz CT molecular complexity index is 761. The first kappa shape index (κ1) is 16.9. The van der Waals surface area contributed by atoms with Crippen LogP contribution in [0.2, 0.25) is 0 Å². The summed E-state index contributed by atoms with van der Waals surface area (Å²) in [5.74, 6) is -0.907. The van der Waals surface area contributed by atoms with Crippen molar-refractivity contribution in [3.63, 3.8) is 0 Å². The van der Waals surface area contributed by atoms with Crippen molar-refractivity contribution >= 4 is 16.0 Å². The van der Waals surface area contributed by atoms with Crippen LogP contribution in [0.5, 0.6) is 0 Å². The Balaban J connectivity index is 3.35. The fourth-order valence-electron chi connectivity index (χ4n) is 1.26. The molecule has 0 fully saturated rings. The minimum absolute atomic E-state index is 0.00684. The summed E-state index contributed by atoms with van der Waals surface area (Å²) in [6.07, 6.45) is 0.815. The van der Waals surface area contributed by atoms with Crippen molar-refractivity contribution in [3.8, 4) is 0 Å². The van der Waals surface area contributed by atoms with Crippen LogP contribution < -0.4 is 11.1 Å². The lowest BCUT2D eigenvalue weighted by Gasteiger charge is -2.11. The Kier molecular flexibility index (Phi) is 4.61. The number of alkyl halides is 3. The van der Waals surface area contributed by atoms with Gasteiger partial charge in [0.15, 0.2) is 0 Å². The van der Waals surface area contributed by atoms with Gasteiger partial charge in [0.05, 0.1) is 6.61 Å². The quantitative estimate of drug-likeness (QED) is 0.532. The third kappa shape index (κ3) is 3.32. The second-order valence-electron chi connectivity index (χ2n) is 3.59. The number of ether oxygens (including phenoxy) is 1. The molecule has 0 bridgehead atoms. The minimum Gasteiger partial charge on any atom is -0.465 e. The predicted molar refractivity (Wildman–Crippen MR) is 62.0 cm³/mol. The summed E-state index contributed by atoms with van der Waals surface area (Å²) in [6, 6.07) is 0. The molecule has 0 N–H and O–H groups in total. The molecule has 1 rings (SSSR count). The molecule has 0 aliphatic heterocycles. The number of aromatic nitrogens is 2. The van der Waals surface area contributed by atoms with E-state index in [9.17, 15) is 36.0 Å². The lowest BCUT2D eigenvalue weighted by Crippen LogP contribution is -2.46. The van der Waals surface area contributed by atoms with Crippen LogP contribution in [0.25, 0.3) is 0 Å². The third-order valence-electron chi connectivity index (χ3n) is 2.18. The van der Waals surface area contributed by atoms with E-state index in [0.717, 1.165) is 0 Å². The molecule has 0 unspecified atom stereocenters. The molecule has 0 radical (unpaired) electrons. The first-order valence-electron chi connectivity index (χ1n) is 5.32. The van der Waals surface area contributed by atoms with E-state index in [1.165, 1.54) is 6.92 Å². The van der Waals surface area contributed by atoms with Gasteiger partial charge in [-0.2, -0.15) is 25.6 Å². The Morgan fingerprint density at radius 3 is 2.29 bits per heavy atom. The molecule has 1 aromatic rings. The SMILES string of the molecule is CCOC(=O)Cn1ccn(S(=O)(=O)C(F)(F)F)c(=O)c1=O. The average molecular weight is 330 g/mol. The second kappa shape index (κ2) is 5.71. The van der Waals surface area contributed by atoms with Gasteiger partial charge < -0.3 is 4.74 Å². The molecule has 118 valence electrons. The summed E-state index contributed by atoms with van der Waals surface area (Å²) in [5.41, 5.74) is -9.28. The highest BCUT2D eigenvalue weighted by Gasteiger charge is 2.48. The van der Waals surface area contributed by atoms with E-state index in [2.05, 4.69) is 4.74 Å². The van der Waals surface area contributed by atoms with E-state index in [1.54, 1.807) is 0 Å². The van der Waals surface area contributed by atoms with Crippen LogP contribution >= 0.6 is 0 Å². The normalized spacial score (nSPS) is 12.2. The van der Waals surface area contributed by atoms with Crippen molar-refractivity contribution in [3.05, 3.63) is 33.1 Å². The molecule has 12 heteroatoms. The summed E-state index contributed by atoms with van der Waals surface area (Å²) in [6.45, 7) is 0.747. The lowest BCUT2D eigenvalue weighted by atomic mass is 10.5. The number of rotatable bonds is 4. The highest BCUT2D eigenvalue weighted by molar-refractivity contribution is 7.90. The fourth-order valence-corrected chi connectivity index (χ4v) is 2.00. The van der Waals surface area contributed by atoms with Gasteiger partial charge in [0.2, 0.25) is 0 Å². The number of carbonyl (C=O) groups is 1. The van der Waals surface area contributed by atoms with Crippen LogP contribution in [0, 0.1) is 0 Å². The summed E-state index contributed by atoms with van der Waals surface area (Å²) >= 11 is 0. The third-order valence-corrected chi connectivity index (χ3v) is 3.57. The van der Waals surface area contributed by atoms with Gasteiger partial charge in [-0.15, -0.1) is 0 Å². The van der Waals surface area contributed by atoms with E-state index >= 15 is 0 Å². The van der Waals surface area contributed by atoms with Gasteiger partial charge in [-0.1, -0.05) is 0 Å². The maximum absolute atomic E-state index is 12.3. The van der Waals surface area contributed by atoms with E-state index in [-0.39, 0.29) is 12.8 Å². The summed E-state index contributed by atoms with van der Waals surface area (Å²) in [4.78, 5) is 34.0. The first-order valence-corrected chi connectivity index (χ1v) is 6.76. The number of nitrogens with zero attached hydrogens (tertiary/aromatic N) is 2. The van der Waals surface area contributed by atoms with Gasteiger partial charge >= 0.3 is 32.6 Å². The van der Waals surface area contributed by atoms with Crippen molar-refractivity contribution in [2.45, 2.75) is 19.0 Å². The zero-order valence-electron chi connectivity index (χ0n) is 10.5. The molecular weight excluding hydrogens is 321 g/mol. The largest absolute Gasteiger partial charge is 0.517 e. The fraction of sp³-hybridized carbons (Fsp3) is 0.444. The van der Waals surface area contributed by atoms with Crippen molar-refractivity contribution in [1.82, 2.24) is 8.54 Å². The Labute approximate surface area is 115 Å². The van der Waals surface area contributed by atoms with E-state index in [4.69, 9.17) is 0 Å². The van der Waals surface area contributed by atoms with Gasteiger partial charge in [-0.3, -0.25) is 19.0 Å². The van der Waals surface area contributed by atoms with Crippen molar-refractivity contribution in [1.29, 1.82) is 0 Å². The highest BCUT2D eigenvalue weighted by atomic mass is 32.2. The van der Waals surface area contributed by atoms with Crippen molar-refractivity contribution < 1.29 is 31.1 Å². The van der Waals surface area contributed by atoms with Crippen LogP contribution in [0.4, 0.5) is 13.2 Å².